The van der Waals surface area contributed by atoms with Gasteiger partial charge in [0.25, 0.3) is 0 Å². The van der Waals surface area contributed by atoms with Gasteiger partial charge in [0.1, 0.15) is 0 Å². The molecule has 0 fully saturated rings. The third-order valence-electron chi connectivity index (χ3n) is 15.4. The van der Waals surface area contributed by atoms with Gasteiger partial charge < -0.3 is 14.0 Å². The molecule has 0 spiro atoms. The molecule has 0 bridgehead atoms. The topological polar surface area (TPSA) is 13.1 Å². The first kappa shape index (κ1) is 42.7. The van der Waals surface area contributed by atoms with Crippen LogP contribution in [0.15, 0.2) is 285 Å². The first-order valence-electron chi connectivity index (χ1n) is 25.8. The first-order chi connectivity index (χ1) is 37.2. The van der Waals surface area contributed by atoms with E-state index in [2.05, 4.69) is 299 Å². The number of anilines is 3. The van der Waals surface area contributed by atoms with Crippen LogP contribution in [-0.4, -0.2) is 9.13 Å². The van der Waals surface area contributed by atoms with Gasteiger partial charge in [0, 0.05) is 60.5 Å². The predicted octanol–water partition coefficient (Wildman–Crippen LogP) is 19.8. The summed E-state index contributed by atoms with van der Waals surface area (Å²) in [5.74, 6) is 0. The fourth-order valence-corrected chi connectivity index (χ4v) is 11.9. The Morgan fingerprint density at radius 3 is 1.15 bits per heavy atom. The summed E-state index contributed by atoms with van der Waals surface area (Å²) in [6.07, 6.45) is 0. The average molecular weight is 954 g/mol. The largest absolute Gasteiger partial charge is 0.310 e. The lowest BCUT2D eigenvalue weighted by Gasteiger charge is -2.27. The maximum Gasteiger partial charge on any atom is 0.0619 e. The van der Waals surface area contributed by atoms with Crippen LogP contribution in [0.1, 0.15) is 0 Å². The lowest BCUT2D eigenvalue weighted by molar-refractivity contribution is 1.19. The number of hydrogen-bond acceptors (Lipinski definition) is 1. The summed E-state index contributed by atoms with van der Waals surface area (Å²) in [5.41, 5.74) is 17.4. The van der Waals surface area contributed by atoms with E-state index in [9.17, 15) is 0 Å². The highest BCUT2D eigenvalue weighted by Gasteiger charge is 2.20. The fraction of sp³-hybridized carbons (Fsp3) is 0. The maximum absolute atomic E-state index is 2.45. The highest BCUT2D eigenvalue weighted by atomic mass is 15.1. The maximum atomic E-state index is 2.45. The number of rotatable bonds is 8. The van der Waals surface area contributed by atoms with E-state index in [4.69, 9.17) is 0 Å². The van der Waals surface area contributed by atoms with Crippen LogP contribution in [0.25, 0.3) is 121 Å². The molecule has 15 rings (SSSR count). The lowest BCUT2D eigenvalue weighted by atomic mass is 9.92. The number of fused-ring (bicyclic) bond motifs is 11. The molecule has 15 aromatic rings. The van der Waals surface area contributed by atoms with Crippen LogP contribution in [-0.2, 0) is 0 Å². The van der Waals surface area contributed by atoms with Gasteiger partial charge in [-0.1, -0.05) is 188 Å². The second-order valence-electron chi connectivity index (χ2n) is 19.7. The summed E-state index contributed by atoms with van der Waals surface area (Å²) >= 11 is 0. The van der Waals surface area contributed by atoms with Gasteiger partial charge in [0.15, 0.2) is 0 Å². The quantitative estimate of drug-likeness (QED) is 0.148. The highest BCUT2D eigenvalue weighted by molar-refractivity contribution is 6.20. The van der Waals surface area contributed by atoms with Crippen LogP contribution in [0.3, 0.4) is 0 Å². The predicted molar refractivity (Wildman–Crippen MR) is 319 cm³/mol. The van der Waals surface area contributed by atoms with Crippen LogP contribution in [0.5, 0.6) is 0 Å². The van der Waals surface area contributed by atoms with Crippen molar-refractivity contribution in [3.05, 3.63) is 285 Å². The molecule has 0 unspecified atom stereocenters. The van der Waals surface area contributed by atoms with Crippen molar-refractivity contribution < 1.29 is 0 Å². The molecule has 0 atom stereocenters. The second kappa shape index (κ2) is 17.4. The van der Waals surface area contributed by atoms with E-state index in [1.54, 1.807) is 0 Å². The van der Waals surface area contributed by atoms with Crippen molar-refractivity contribution in [2.45, 2.75) is 0 Å². The second-order valence-corrected chi connectivity index (χ2v) is 19.7. The number of aromatic nitrogens is 2. The summed E-state index contributed by atoms with van der Waals surface area (Å²) in [4.78, 5) is 2.38. The van der Waals surface area contributed by atoms with Gasteiger partial charge in [0.05, 0.1) is 27.8 Å². The summed E-state index contributed by atoms with van der Waals surface area (Å²) in [7, 11) is 0. The van der Waals surface area contributed by atoms with Gasteiger partial charge in [0.2, 0.25) is 0 Å². The monoisotopic (exact) mass is 953 g/mol. The molecule has 0 amide bonds. The molecule has 0 aliphatic heterocycles. The van der Waals surface area contributed by atoms with Crippen LogP contribution < -0.4 is 4.90 Å². The Labute approximate surface area is 434 Å². The normalized spacial score (nSPS) is 11.7. The minimum Gasteiger partial charge on any atom is -0.310 e. The lowest BCUT2D eigenvalue weighted by Crippen LogP contribution is -2.10. The van der Waals surface area contributed by atoms with E-state index < -0.39 is 0 Å². The molecule has 3 nitrogen and oxygen atoms in total. The van der Waals surface area contributed by atoms with Crippen LogP contribution in [0.2, 0.25) is 0 Å². The average Bonchev–Trinajstić information content (AvgIpc) is 4.07. The zero-order chi connectivity index (χ0) is 49.4. The van der Waals surface area contributed by atoms with Gasteiger partial charge in [-0.3, -0.25) is 0 Å². The van der Waals surface area contributed by atoms with Gasteiger partial charge in [-0.2, -0.15) is 0 Å². The molecule has 3 heteroatoms. The van der Waals surface area contributed by atoms with Crippen molar-refractivity contribution in [3.8, 4) is 44.8 Å². The molecular formula is C72H47N3. The minimum atomic E-state index is 1.10. The molecule has 0 saturated carbocycles. The Morgan fingerprint density at radius 2 is 0.627 bits per heavy atom. The highest BCUT2D eigenvalue weighted by Crippen LogP contribution is 2.44. The van der Waals surface area contributed by atoms with Crippen molar-refractivity contribution in [3.63, 3.8) is 0 Å². The molecule has 2 heterocycles. The van der Waals surface area contributed by atoms with E-state index in [1.807, 2.05) is 0 Å². The van der Waals surface area contributed by atoms with E-state index in [0.29, 0.717) is 0 Å². The Balaban J connectivity index is 0.938. The van der Waals surface area contributed by atoms with Crippen LogP contribution >= 0.6 is 0 Å². The van der Waals surface area contributed by atoms with Gasteiger partial charge in [-0.25, -0.2) is 0 Å². The van der Waals surface area contributed by atoms with Crippen molar-refractivity contribution in [1.82, 2.24) is 9.13 Å². The summed E-state index contributed by atoms with van der Waals surface area (Å²) in [6.45, 7) is 0. The molecule has 0 saturated heterocycles. The zero-order valence-corrected chi connectivity index (χ0v) is 41.0. The Kier molecular flexibility index (Phi) is 9.89. The first-order valence-corrected chi connectivity index (χ1v) is 25.8. The van der Waals surface area contributed by atoms with E-state index >= 15 is 0 Å². The standard InChI is InChI=1S/C72H47N3/c1-4-21-57(22-5-1)73(68-30-16-20-49-17-10-13-27-61(49)68)60-37-31-48(32-38-60)54-43-55(52-35-41-69-66(46-52)64-39-33-50-18-11-14-28-62(50)71(64)74(69)58-23-6-2-7-24-58)45-56(44-54)53-36-42-70-67(47-53)65-40-34-51-19-12-15-29-63(51)72(65)75(70)59-25-8-3-9-26-59/h1-47H. The molecule has 350 valence electrons. The number of para-hydroxylation sites is 3. The van der Waals surface area contributed by atoms with Crippen LogP contribution in [0, 0.1) is 0 Å². The summed E-state index contributed by atoms with van der Waals surface area (Å²) < 4.78 is 4.89. The summed E-state index contributed by atoms with van der Waals surface area (Å²) in [6, 6.07) is 105. The Bertz CT molecular complexity index is 4460. The molecule has 0 aliphatic carbocycles. The van der Waals surface area contributed by atoms with Gasteiger partial charge in [-0.15, -0.1) is 0 Å². The number of nitrogens with zero attached hydrogens (tertiary/aromatic N) is 3. The van der Waals surface area contributed by atoms with Crippen molar-refractivity contribution in [2.24, 2.45) is 0 Å². The van der Waals surface area contributed by atoms with Gasteiger partial charge in [-0.05, 0) is 147 Å². The third-order valence-corrected chi connectivity index (χ3v) is 15.4. The van der Waals surface area contributed by atoms with Crippen molar-refractivity contribution in [2.75, 3.05) is 4.90 Å². The minimum absolute atomic E-state index is 1.10. The van der Waals surface area contributed by atoms with Crippen molar-refractivity contribution in [1.29, 1.82) is 0 Å². The van der Waals surface area contributed by atoms with Crippen LogP contribution in [0.4, 0.5) is 17.1 Å². The smallest absolute Gasteiger partial charge is 0.0619 e. The molecule has 0 radical (unpaired) electrons. The Morgan fingerprint density at radius 1 is 0.227 bits per heavy atom. The van der Waals surface area contributed by atoms with E-state index in [1.165, 1.54) is 87.1 Å². The molecular weight excluding hydrogens is 907 g/mol. The number of hydrogen-bond donors (Lipinski definition) is 0. The molecule has 0 aliphatic rings. The van der Waals surface area contributed by atoms with E-state index in [0.717, 1.165) is 50.7 Å². The fourth-order valence-electron chi connectivity index (χ4n) is 11.9. The molecule has 75 heavy (non-hydrogen) atoms. The van der Waals surface area contributed by atoms with E-state index in [-0.39, 0.29) is 0 Å². The third kappa shape index (κ3) is 7.05. The Hall–Kier alpha value is -9.96. The molecule has 2 aromatic heterocycles. The zero-order valence-electron chi connectivity index (χ0n) is 41.0. The molecule has 0 N–H and O–H groups in total. The van der Waals surface area contributed by atoms with Gasteiger partial charge >= 0.3 is 0 Å². The SMILES string of the molecule is c1ccc(N(c2ccc(-c3cc(-c4ccc5c(c4)c4ccc6ccccc6c4n5-c4ccccc4)cc(-c4ccc5c(c4)c4ccc6ccccc6c4n5-c4ccccc4)c3)cc2)c2cccc3ccccc23)cc1. The number of benzene rings is 13. The van der Waals surface area contributed by atoms with Crippen molar-refractivity contribution >= 4 is 93.0 Å². The summed E-state index contributed by atoms with van der Waals surface area (Å²) in [5, 5.41) is 12.3. The molecule has 13 aromatic carbocycles.